The summed E-state index contributed by atoms with van der Waals surface area (Å²) in [4.78, 5) is 1.09. The zero-order valence-electron chi connectivity index (χ0n) is 11.8. The van der Waals surface area contributed by atoms with Gasteiger partial charge in [0.25, 0.3) is 0 Å². The maximum absolute atomic E-state index is 9.40. The number of hydrogen-bond acceptors (Lipinski definition) is 3. The van der Waals surface area contributed by atoms with Gasteiger partial charge >= 0.3 is 0 Å². The maximum atomic E-state index is 9.40. The lowest BCUT2D eigenvalue weighted by molar-refractivity contribution is 0.482. The third-order valence-corrected chi connectivity index (χ3v) is 4.87. The molecule has 1 atom stereocenters. The van der Waals surface area contributed by atoms with Gasteiger partial charge in [0.05, 0.1) is 11.3 Å². The van der Waals surface area contributed by atoms with Crippen molar-refractivity contribution in [1.29, 1.82) is 5.26 Å². The first-order valence-corrected chi connectivity index (χ1v) is 8.17. The predicted octanol–water partition coefficient (Wildman–Crippen LogP) is 4.66. The van der Waals surface area contributed by atoms with Gasteiger partial charge < -0.3 is 5.32 Å². The fourth-order valence-corrected chi connectivity index (χ4v) is 3.65. The molecule has 0 saturated heterocycles. The summed E-state index contributed by atoms with van der Waals surface area (Å²) in [6, 6.07) is 8.93. The van der Waals surface area contributed by atoms with Gasteiger partial charge in [0.1, 0.15) is 6.07 Å². The van der Waals surface area contributed by atoms with E-state index in [1.165, 1.54) is 25.7 Å². The molecule has 1 aromatic rings. The monoisotopic (exact) mass is 274 g/mol. The summed E-state index contributed by atoms with van der Waals surface area (Å²) in [5, 5.41) is 13.0. The highest BCUT2D eigenvalue weighted by molar-refractivity contribution is 7.99. The van der Waals surface area contributed by atoms with Crippen LogP contribution in [-0.4, -0.2) is 11.8 Å². The molecule has 19 heavy (non-hydrogen) atoms. The van der Waals surface area contributed by atoms with Crippen LogP contribution in [0.2, 0.25) is 0 Å². The van der Waals surface area contributed by atoms with E-state index in [1.54, 1.807) is 11.8 Å². The third kappa shape index (κ3) is 3.45. The molecule has 0 spiro atoms. The molecule has 0 bridgehead atoms. The molecule has 1 N–H and O–H groups in total. The molecular formula is C16H22N2S. The molecule has 3 heteroatoms. The normalized spacial score (nSPS) is 17.1. The summed E-state index contributed by atoms with van der Waals surface area (Å²) in [6.07, 6.45) is 5.35. The standard InChI is InChI=1S/C16H22N2S/c1-3-19-16-10-6-9-15(14(16)11-17)18-12(2)13-7-4-5-8-13/h6,9-10,12-13,18H,3-5,7-8H2,1-2H3. The number of anilines is 1. The van der Waals surface area contributed by atoms with Crippen molar-refractivity contribution in [3.05, 3.63) is 23.8 Å². The molecule has 0 aliphatic heterocycles. The Morgan fingerprint density at radius 3 is 2.79 bits per heavy atom. The second-order valence-corrected chi connectivity index (χ2v) is 6.51. The number of nitrogens with one attached hydrogen (secondary N) is 1. The predicted molar refractivity (Wildman–Crippen MR) is 82.6 cm³/mol. The van der Waals surface area contributed by atoms with Gasteiger partial charge in [-0.3, -0.25) is 0 Å². The zero-order chi connectivity index (χ0) is 13.7. The molecule has 0 amide bonds. The van der Waals surface area contributed by atoms with Crippen molar-refractivity contribution < 1.29 is 0 Å². The van der Waals surface area contributed by atoms with Gasteiger partial charge in [-0.1, -0.05) is 25.8 Å². The second kappa shape index (κ2) is 6.86. The Kier molecular flexibility index (Phi) is 5.15. The van der Waals surface area contributed by atoms with E-state index in [0.717, 1.165) is 27.8 Å². The molecule has 1 unspecified atom stereocenters. The number of nitriles is 1. The lowest BCUT2D eigenvalue weighted by Gasteiger charge is -2.22. The van der Waals surface area contributed by atoms with E-state index in [2.05, 4.69) is 25.2 Å². The van der Waals surface area contributed by atoms with Crippen molar-refractivity contribution in [2.45, 2.75) is 50.5 Å². The molecule has 1 fully saturated rings. The van der Waals surface area contributed by atoms with Crippen LogP contribution < -0.4 is 5.32 Å². The van der Waals surface area contributed by atoms with E-state index >= 15 is 0 Å². The molecule has 1 saturated carbocycles. The average molecular weight is 274 g/mol. The second-order valence-electron chi connectivity index (χ2n) is 5.20. The van der Waals surface area contributed by atoms with E-state index < -0.39 is 0 Å². The van der Waals surface area contributed by atoms with E-state index in [9.17, 15) is 5.26 Å². The van der Waals surface area contributed by atoms with Gasteiger partial charge in [0.15, 0.2) is 0 Å². The fraction of sp³-hybridized carbons (Fsp3) is 0.562. The fourth-order valence-electron chi connectivity index (χ4n) is 2.86. The van der Waals surface area contributed by atoms with Crippen molar-refractivity contribution in [3.8, 4) is 6.07 Å². The van der Waals surface area contributed by atoms with Gasteiger partial charge in [0, 0.05) is 10.9 Å². The first-order chi connectivity index (χ1) is 9.26. The molecule has 0 heterocycles. The average Bonchev–Trinajstić information content (AvgIpc) is 2.93. The van der Waals surface area contributed by atoms with Crippen LogP contribution in [0.1, 0.15) is 45.1 Å². The van der Waals surface area contributed by atoms with Crippen LogP contribution in [0.15, 0.2) is 23.1 Å². The minimum atomic E-state index is 0.455. The number of rotatable bonds is 5. The Morgan fingerprint density at radius 2 is 2.16 bits per heavy atom. The SMILES string of the molecule is CCSc1cccc(NC(C)C2CCCC2)c1C#N. The minimum Gasteiger partial charge on any atom is -0.381 e. The summed E-state index contributed by atoms with van der Waals surface area (Å²) in [5.41, 5.74) is 1.81. The quantitative estimate of drug-likeness (QED) is 0.793. The molecule has 1 aromatic carbocycles. The van der Waals surface area contributed by atoms with Crippen molar-refractivity contribution in [1.82, 2.24) is 0 Å². The summed E-state index contributed by atoms with van der Waals surface area (Å²) in [7, 11) is 0. The highest BCUT2D eigenvalue weighted by Crippen LogP contribution is 2.32. The van der Waals surface area contributed by atoms with Crippen LogP contribution in [0.4, 0.5) is 5.69 Å². The zero-order valence-corrected chi connectivity index (χ0v) is 12.6. The largest absolute Gasteiger partial charge is 0.381 e. The Morgan fingerprint density at radius 1 is 1.42 bits per heavy atom. The molecule has 1 aliphatic rings. The van der Waals surface area contributed by atoms with Gasteiger partial charge in [-0.05, 0) is 43.6 Å². The van der Waals surface area contributed by atoms with Crippen LogP contribution in [0.5, 0.6) is 0 Å². The summed E-state index contributed by atoms with van der Waals surface area (Å²) in [5.74, 6) is 1.75. The summed E-state index contributed by atoms with van der Waals surface area (Å²) in [6.45, 7) is 4.36. The summed E-state index contributed by atoms with van der Waals surface area (Å²) >= 11 is 1.74. The van der Waals surface area contributed by atoms with Crippen LogP contribution >= 0.6 is 11.8 Å². The van der Waals surface area contributed by atoms with E-state index in [4.69, 9.17) is 0 Å². The van der Waals surface area contributed by atoms with Crippen LogP contribution in [0.25, 0.3) is 0 Å². The number of benzene rings is 1. The van der Waals surface area contributed by atoms with Crippen LogP contribution in [0, 0.1) is 17.2 Å². The van der Waals surface area contributed by atoms with Gasteiger partial charge in [-0.15, -0.1) is 11.8 Å². The summed E-state index contributed by atoms with van der Waals surface area (Å²) < 4.78 is 0. The van der Waals surface area contributed by atoms with E-state index in [0.29, 0.717) is 6.04 Å². The van der Waals surface area contributed by atoms with Gasteiger partial charge in [0.2, 0.25) is 0 Å². The topological polar surface area (TPSA) is 35.8 Å². The molecule has 0 radical (unpaired) electrons. The van der Waals surface area contributed by atoms with Crippen molar-refractivity contribution in [3.63, 3.8) is 0 Å². The third-order valence-electron chi connectivity index (χ3n) is 3.93. The lowest BCUT2D eigenvalue weighted by Crippen LogP contribution is -2.24. The van der Waals surface area contributed by atoms with Crippen molar-refractivity contribution >= 4 is 17.4 Å². The Balaban J connectivity index is 2.15. The Labute approximate surface area is 120 Å². The van der Waals surface area contributed by atoms with E-state index in [1.807, 2.05) is 18.2 Å². The number of hydrogen-bond donors (Lipinski definition) is 1. The first-order valence-electron chi connectivity index (χ1n) is 7.18. The van der Waals surface area contributed by atoms with Crippen molar-refractivity contribution in [2.24, 2.45) is 5.92 Å². The lowest BCUT2D eigenvalue weighted by atomic mass is 9.99. The van der Waals surface area contributed by atoms with E-state index in [-0.39, 0.29) is 0 Å². The maximum Gasteiger partial charge on any atom is 0.102 e. The molecular weight excluding hydrogens is 252 g/mol. The molecule has 102 valence electrons. The molecule has 2 rings (SSSR count). The molecule has 2 nitrogen and oxygen atoms in total. The Hall–Kier alpha value is -1.14. The van der Waals surface area contributed by atoms with Crippen LogP contribution in [0.3, 0.4) is 0 Å². The molecule has 1 aliphatic carbocycles. The van der Waals surface area contributed by atoms with Crippen LogP contribution in [-0.2, 0) is 0 Å². The highest BCUT2D eigenvalue weighted by Gasteiger charge is 2.22. The minimum absolute atomic E-state index is 0.455. The first kappa shape index (κ1) is 14.3. The molecule has 0 aromatic heterocycles. The number of thioether (sulfide) groups is 1. The smallest absolute Gasteiger partial charge is 0.102 e. The van der Waals surface area contributed by atoms with Crippen molar-refractivity contribution in [2.75, 3.05) is 11.1 Å². The number of nitrogens with zero attached hydrogens (tertiary/aromatic N) is 1. The van der Waals surface area contributed by atoms with Gasteiger partial charge in [-0.25, -0.2) is 0 Å². The highest BCUT2D eigenvalue weighted by atomic mass is 32.2. The Bertz CT molecular complexity index is 458. The van der Waals surface area contributed by atoms with Gasteiger partial charge in [-0.2, -0.15) is 5.26 Å².